The molecule has 0 spiro atoms. The molecule has 0 bridgehead atoms. The van der Waals surface area contributed by atoms with Crippen LogP contribution in [-0.2, 0) is 16.0 Å². The number of nitro groups is 1. The van der Waals surface area contributed by atoms with E-state index in [0.29, 0.717) is 17.8 Å². The van der Waals surface area contributed by atoms with Crippen LogP contribution in [0.3, 0.4) is 0 Å². The van der Waals surface area contributed by atoms with Crippen molar-refractivity contribution >= 4 is 28.9 Å². The molecule has 0 unspecified atom stereocenters. The Morgan fingerprint density at radius 1 is 1.14 bits per heavy atom. The third kappa shape index (κ3) is 6.08. The Morgan fingerprint density at radius 2 is 1.89 bits per heavy atom. The highest BCUT2D eigenvalue weighted by Crippen LogP contribution is 2.26. The fourth-order valence-electron chi connectivity index (χ4n) is 2.64. The van der Waals surface area contributed by atoms with Crippen molar-refractivity contribution in [3.05, 3.63) is 58.1 Å². The van der Waals surface area contributed by atoms with E-state index in [0.717, 1.165) is 12.0 Å². The van der Waals surface area contributed by atoms with Crippen molar-refractivity contribution in [1.29, 1.82) is 0 Å². The number of ether oxygens (including phenoxy) is 1. The average molecular weight is 385 g/mol. The summed E-state index contributed by atoms with van der Waals surface area (Å²) in [7, 11) is 0. The van der Waals surface area contributed by atoms with Gasteiger partial charge in [0.05, 0.1) is 11.5 Å². The average Bonchev–Trinajstić information content (AvgIpc) is 2.65. The van der Waals surface area contributed by atoms with Gasteiger partial charge < -0.3 is 15.4 Å². The molecule has 2 N–H and O–H groups in total. The van der Waals surface area contributed by atoms with Crippen molar-refractivity contribution in [2.45, 2.75) is 33.1 Å². The fraction of sp³-hybridized carbons (Fsp3) is 0.300. The van der Waals surface area contributed by atoms with Crippen LogP contribution < -0.4 is 15.4 Å². The van der Waals surface area contributed by atoms with Gasteiger partial charge in [0.2, 0.25) is 11.8 Å². The molecule has 0 radical (unpaired) electrons. The molecule has 0 saturated carbocycles. The first-order valence-corrected chi connectivity index (χ1v) is 8.97. The molecule has 0 aromatic heterocycles. The molecule has 0 fully saturated rings. The summed E-state index contributed by atoms with van der Waals surface area (Å²) in [5, 5.41) is 16.5. The lowest BCUT2D eigenvalue weighted by molar-refractivity contribution is -0.385. The molecule has 28 heavy (non-hydrogen) atoms. The normalized spacial score (nSPS) is 10.2. The minimum Gasteiger partial charge on any atom is -0.487 e. The molecule has 2 aromatic carbocycles. The highest BCUT2D eigenvalue weighted by molar-refractivity contribution is 5.94. The number of hydrogen-bond acceptors (Lipinski definition) is 5. The van der Waals surface area contributed by atoms with Crippen molar-refractivity contribution in [3.63, 3.8) is 0 Å². The largest absolute Gasteiger partial charge is 0.487 e. The third-order valence-corrected chi connectivity index (χ3v) is 3.95. The second-order valence-corrected chi connectivity index (χ2v) is 6.13. The van der Waals surface area contributed by atoms with Gasteiger partial charge in [0.1, 0.15) is 0 Å². The summed E-state index contributed by atoms with van der Waals surface area (Å²) in [6.45, 7) is 3.58. The molecule has 0 heterocycles. The van der Waals surface area contributed by atoms with Gasteiger partial charge in [-0.25, -0.2) is 0 Å². The number of amides is 2. The van der Waals surface area contributed by atoms with Gasteiger partial charge in [-0.2, -0.15) is 0 Å². The maximum Gasteiger partial charge on any atom is 0.310 e. The summed E-state index contributed by atoms with van der Waals surface area (Å²) in [4.78, 5) is 33.9. The fourth-order valence-corrected chi connectivity index (χ4v) is 2.64. The van der Waals surface area contributed by atoms with Crippen LogP contribution in [0.25, 0.3) is 0 Å². The molecule has 0 saturated heterocycles. The maximum absolute atomic E-state index is 12.2. The van der Waals surface area contributed by atoms with Crippen LogP contribution in [0, 0.1) is 10.1 Å². The van der Waals surface area contributed by atoms with E-state index in [4.69, 9.17) is 4.74 Å². The topological polar surface area (TPSA) is 111 Å². The van der Waals surface area contributed by atoms with E-state index in [1.807, 2.05) is 13.0 Å². The summed E-state index contributed by atoms with van der Waals surface area (Å²) < 4.78 is 5.44. The summed E-state index contributed by atoms with van der Waals surface area (Å²) in [5.74, 6) is -0.196. The number of benzene rings is 2. The van der Waals surface area contributed by atoms with Crippen molar-refractivity contribution in [2.75, 3.05) is 17.2 Å². The van der Waals surface area contributed by atoms with Crippen molar-refractivity contribution < 1.29 is 19.2 Å². The highest BCUT2D eigenvalue weighted by Gasteiger charge is 2.14. The second-order valence-electron chi connectivity index (χ2n) is 6.13. The number of rotatable bonds is 9. The molecule has 148 valence electrons. The van der Waals surface area contributed by atoms with Crippen molar-refractivity contribution in [2.24, 2.45) is 0 Å². The highest BCUT2D eigenvalue weighted by atomic mass is 16.6. The number of para-hydroxylation sites is 2. The smallest absolute Gasteiger partial charge is 0.310 e. The van der Waals surface area contributed by atoms with Gasteiger partial charge >= 0.3 is 5.69 Å². The summed E-state index contributed by atoms with van der Waals surface area (Å²) in [6, 6.07) is 11.5. The summed E-state index contributed by atoms with van der Waals surface area (Å²) in [6.07, 6.45) is 1.34. The van der Waals surface area contributed by atoms with E-state index in [1.54, 1.807) is 24.3 Å². The molecule has 2 rings (SSSR count). The minimum atomic E-state index is -0.504. The number of anilines is 2. The lowest BCUT2D eigenvalue weighted by Gasteiger charge is -2.12. The zero-order valence-corrected chi connectivity index (χ0v) is 15.9. The molecule has 0 atom stereocenters. The standard InChI is InChI=1S/C20H23N3O5/c1-3-15-10-11-16(21-14(2)24)13-17(15)22-20(25)9-6-12-28-19-8-5-4-7-18(19)23(26)27/h4-5,7-8,10-11,13H,3,6,9,12H2,1-2H3,(H,21,24)(H,22,25). The SMILES string of the molecule is CCc1ccc(NC(C)=O)cc1NC(=O)CCCOc1ccccc1[N+](=O)[O-]. The Bertz CT molecular complexity index is 867. The molecule has 8 heteroatoms. The first kappa shape index (κ1) is 20.9. The molecule has 0 aliphatic heterocycles. The van der Waals surface area contributed by atoms with Gasteiger partial charge in [0, 0.05) is 30.8 Å². The van der Waals surface area contributed by atoms with E-state index in [1.165, 1.54) is 19.1 Å². The maximum atomic E-state index is 12.2. The lowest BCUT2D eigenvalue weighted by Crippen LogP contribution is -2.15. The van der Waals surface area contributed by atoms with Crippen molar-refractivity contribution in [3.8, 4) is 5.75 Å². The molecule has 0 aliphatic rings. The van der Waals surface area contributed by atoms with E-state index in [2.05, 4.69) is 10.6 Å². The Hall–Kier alpha value is -3.42. The summed E-state index contributed by atoms with van der Waals surface area (Å²) >= 11 is 0. The number of nitrogens with one attached hydrogen (secondary N) is 2. The molecule has 2 aromatic rings. The number of nitrogens with zero attached hydrogens (tertiary/aromatic N) is 1. The van der Waals surface area contributed by atoms with Gasteiger partial charge in [-0.3, -0.25) is 19.7 Å². The van der Waals surface area contributed by atoms with Crippen LogP contribution in [0.1, 0.15) is 32.3 Å². The van der Waals surface area contributed by atoms with E-state index in [9.17, 15) is 19.7 Å². The van der Waals surface area contributed by atoms with E-state index in [-0.39, 0.29) is 36.3 Å². The van der Waals surface area contributed by atoms with Gasteiger partial charge in [0.15, 0.2) is 5.75 Å². The first-order chi connectivity index (χ1) is 13.4. The Kier molecular flexibility index (Phi) is 7.50. The quantitative estimate of drug-likeness (QED) is 0.386. The summed E-state index contributed by atoms with van der Waals surface area (Å²) in [5.41, 5.74) is 2.12. The molecule has 0 aliphatic carbocycles. The van der Waals surface area contributed by atoms with Gasteiger partial charge in [-0.1, -0.05) is 25.1 Å². The Labute approximate surface area is 163 Å². The molecule has 8 nitrogen and oxygen atoms in total. The van der Waals surface area contributed by atoms with Crippen LogP contribution in [-0.4, -0.2) is 23.3 Å². The lowest BCUT2D eigenvalue weighted by atomic mass is 10.1. The van der Waals surface area contributed by atoms with Crippen LogP contribution in [0.15, 0.2) is 42.5 Å². The monoisotopic (exact) mass is 385 g/mol. The third-order valence-electron chi connectivity index (χ3n) is 3.95. The van der Waals surface area contributed by atoms with Gasteiger partial charge in [-0.15, -0.1) is 0 Å². The van der Waals surface area contributed by atoms with Gasteiger partial charge in [0.25, 0.3) is 0 Å². The molecular formula is C20H23N3O5. The predicted molar refractivity (Wildman–Crippen MR) is 107 cm³/mol. The van der Waals surface area contributed by atoms with Crippen molar-refractivity contribution in [1.82, 2.24) is 0 Å². The van der Waals surface area contributed by atoms with E-state index < -0.39 is 4.92 Å². The Morgan fingerprint density at radius 3 is 2.57 bits per heavy atom. The minimum absolute atomic E-state index is 0.102. The first-order valence-electron chi connectivity index (χ1n) is 8.97. The van der Waals surface area contributed by atoms with Crippen LogP contribution in [0.5, 0.6) is 5.75 Å². The molecule has 2 amide bonds. The van der Waals surface area contributed by atoms with Gasteiger partial charge in [-0.05, 0) is 36.6 Å². The zero-order valence-electron chi connectivity index (χ0n) is 15.9. The second kappa shape index (κ2) is 10.1. The number of hydrogen-bond donors (Lipinski definition) is 2. The zero-order chi connectivity index (χ0) is 20.5. The van der Waals surface area contributed by atoms with Crippen LogP contribution in [0.2, 0.25) is 0 Å². The van der Waals surface area contributed by atoms with Crippen LogP contribution >= 0.6 is 0 Å². The Balaban J connectivity index is 1.89. The van der Waals surface area contributed by atoms with Crippen LogP contribution in [0.4, 0.5) is 17.1 Å². The van der Waals surface area contributed by atoms with E-state index >= 15 is 0 Å². The number of nitro benzene ring substituents is 1. The number of aryl methyl sites for hydroxylation is 1. The predicted octanol–water partition coefficient (Wildman–Crippen LogP) is 3.91. The number of carbonyl (C=O) groups excluding carboxylic acids is 2. The number of carbonyl (C=O) groups is 2. The molecular weight excluding hydrogens is 362 g/mol.